The molecule has 0 saturated heterocycles. The van der Waals surface area contributed by atoms with E-state index in [1.807, 2.05) is 26.0 Å². The van der Waals surface area contributed by atoms with Gasteiger partial charge in [-0.2, -0.15) is 0 Å². The van der Waals surface area contributed by atoms with Crippen molar-refractivity contribution in [2.45, 2.75) is 26.7 Å². The normalized spacial score (nSPS) is 10.7. The first-order valence-corrected chi connectivity index (χ1v) is 7.19. The quantitative estimate of drug-likeness (QED) is 0.793. The minimum absolute atomic E-state index is 0.00116. The van der Waals surface area contributed by atoms with Crippen LogP contribution in [0, 0.1) is 0 Å². The monoisotopic (exact) mass is 341 g/mol. The van der Waals surface area contributed by atoms with Crippen molar-refractivity contribution in [1.29, 1.82) is 0 Å². The minimum Gasteiger partial charge on any atom is -0.292 e. The summed E-state index contributed by atoms with van der Waals surface area (Å²) in [6.07, 6.45) is 1.09. The summed E-state index contributed by atoms with van der Waals surface area (Å²) >= 11 is 9.52. The standard InChI is InChI=1S/C13H13BrClN3O/c1-3-9-13(11(19)4-2)16-17-18(9)10-7-5-6-8(15)12(10)14/h5-7H,3-4H2,1-2H3. The largest absolute Gasteiger partial charge is 0.292 e. The fourth-order valence-corrected chi connectivity index (χ4v) is 2.45. The molecule has 2 rings (SSSR count). The van der Waals surface area contributed by atoms with Gasteiger partial charge in [-0.3, -0.25) is 4.79 Å². The van der Waals surface area contributed by atoms with Gasteiger partial charge in [0.05, 0.1) is 20.9 Å². The molecule has 0 aliphatic rings. The Balaban J connectivity index is 2.60. The average molecular weight is 343 g/mol. The zero-order valence-electron chi connectivity index (χ0n) is 10.7. The highest BCUT2D eigenvalue weighted by Crippen LogP contribution is 2.29. The molecule has 0 amide bonds. The lowest BCUT2D eigenvalue weighted by atomic mass is 10.1. The summed E-state index contributed by atoms with van der Waals surface area (Å²) in [5.74, 6) is 0.00116. The third-order valence-electron chi connectivity index (χ3n) is 2.84. The molecule has 1 aromatic carbocycles. The first-order valence-electron chi connectivity index (χ1n) is 6.02. The van der Waals surface area contributed by atoms with Crippen molar-refractivity contribution in [3.63, 3.8) is 0 Å². The van der Waals surface area contributed by atoms with E-state index >= 15 is 0 Å². The van der Waals surface area contributed by atoms with Gasteiger partial charge < -0.3 is 0 Å². The van der Waals surface area contributed by atoms with Crippen molar-refractivity contribution in [1.82, 2.24) is 15.0 Å². The van der Waals surface area contributed by atoms with Gasteiger partial charge in [0, 0.05) is 6.42 Å². The average Bonchev–Trinajstić information content (AvgIpc) is 2.84. The molecule has 0 bridgehead atoms. The van der Waals surface area contributed by atoms with Crippen LogP contribution in [-0.2, 0) is 6.42 Å². The van der Waals surface area contributed by atoms with E-state index in [9.17, 15) is 4.79 Å². The number of halogens is 2. The molecule has 2 aromatic rings. The topological polar surface area (TPSA) is 47.8 Å². The van der Waals surface area contributed by atoms with Gasteiger partial charge in [-0.05, 0) is 34.5 Å². The Hall–Kier alpha value is -1.20. The van der Waals surface area contributed by atoms with Crippen LogP contribution in [0.1, 0.15) is 36.5 Å². The number of nitrogens with zero attached hydrogens (tertiary/aromatic N) is 3. The second-order valence-corrected chi connectivity index (χ2v) is 5.20. The summed E-state index contributed by atoms with van der Waals surface area (Å²) < 4.78 is 2.41. The number of carbonyl (C=O) groups excluding carboxylic acids is 1. The summed E-state index contributed by atoms with van der Waals surface area (Å²) in [6.45, 7) is 3.79. The molecule has 1 aromatic heterocycles. The van der Waals surface area contributed by atoms with E-state index in [2.05, 4.69) is 26.2 Å². The predicted octanol–water partition coefficient (Wildman–Crippen LogP) is 3.84. The number of rotatable bonds is 4. The molecule has 6 heteroatoms. The van der Waals surface area contributed by atoms with E-state index in [4.69, 9.17) is 11.6 Å². The maximum Gasteiger partial charge on any atom is 0.184 e. The molecule has 0 atom stereocenters. The minimum atomic E-state index is 0.00116. The Morgan fingerprint density at radius 1 is 1.42 bits per heavy atom. The number of Topliss-reactive ketones (excluding diaryl/α,β-unsaturated/α-hetero) is 1. The van der Waals surface area contributed by atoms with Gasteiger partial charge in [0.1, 0.15) is 0 Å². The highest BCUT2D eigenvalue weighted by atomic mass is 79.9. The fraction of sp³-hybridized carbons (Fsp3) is 0.308. The first-order chi connectivity index (χ1) is 9.10. The number of ketones is 1. The molecular weight excluding hydrogens is 330 g/mol. The molecular formula is C13H13BrClN3O. The van der Waals surface area contributed by atoms with Gasteiger partial charge >= 0.3 is 0 Å². The van der Waals surface area contributed by atoms with Crippen molar-refractivity contribution in [2.24, 2.45) is 0 Å². The van der Waals surface area contributed by atoms with Gasteiger partial charge in [0.15, 0.2) is 11.5 Å². The third kappa shape index (κ3) is 2.58. The van der Waals surface area contributed by atoms with Gasteiger partial charge in [-0.1, -0.05) is 36.7 Å². The van der Waals surface area contributed by atoms with Crippen LogP contribution in [0.5, 0.6) is 0 Å². The molecule has 19 heavy (non-hydrogen) atoms. The smallest absolute Gasteiger partial charge is 0.184 e. The predicted molar refractivity (Wildman–Crippen MR) is 78.1 cm³/mol. The van der Waals surface area contributed by atoms with Crippen LogP contribution in [0.3, 0.4) is 0 Å². The molecule has 0 radical (unpaired) electrons. The second-order valence-electron chi connectivity index (χ2n) is 4.00. The van der Waals surface area contributed by atoms with Crippen LogP contribution >= 0.6 is 27.5 Å². The van der Waals surface area contributed by atoms with Crippen LogP contribution in [-0.4, -0.2) is 20.8 Å². The van der Waals surface area contributed by atoms with Crippen LogP contribution < -0.4 is 0 Å². The van der Waals surface area contributed by atoms with E-state index in [0.717, 1.165) is 15.9 Å². The SMILES string of the molecule is CCC(=O)c1nnn(-c2cccc(Cl)c2Br)c1CC. The molecule has 0 unspecified atom stereocenters. The number of carbonyl (C=O) groups is 1. The van der Waals surface area contributed by atoms with E-state index in [-0.39, 0.29) is 5.78 Å². The van der Waals surface area contributed by atoms with E-state index in [0.29, 0.717) is 23.6 Å². The number of hydrogen-bond donors (Lipinski definition) is 0. The van der Waals surface area contributed by atoms with E-state index in [1.165, 1.54) is 0 Å². The number of aromatic nitrogens is 3. The lowest BCUT2D eigenvalue weighted by molar-refractivity contribution is 0.0982. The van der Waals surface area contributed by atoms with Gasteiger partial charge in [0.25, 0.3) is 0 Å². The molecule has 4 nitrogen and oxygen atoms in total. The third-order valence-corrected chi connectivity index (χ3v) is 4.22. The molecule has 0 aliphatic carbocycles. The van der Waals surface area contributed by atoms with Gasteiger partial charge in [-0.25, -0.2) is 4.68 Å². The van der Waals surface area contributed by atoms with E-state index < -0.39 is 0 Å². The molecule has 1 heterocycles. The Labute approximate surface area is 124 Å². The first kappa shape index (κ1) is 14.2. The Morgan fingerprint density at radius 3 is 2.79 bits per heavy atom. The van der Waals surface area contributed by atoms with Crippen LogP contribution in [0.2, 0.25) is 5.02 Å². The lowest BCUT2D eigenvalue weighted by Gasteiger charge is -2.08. The highest BCUT2D eigenvalue weighted by Gasteiger charge is 2.19. The van der Waals surface area contributed by atoms with Crippen molar-refractivity contribution in [3.8, 4) is 5.69 Å². The molecule has 0 aliphatic heterocycles. The van der Waals surface area contributed by atoms with Crippen molar-refractivity contribution >= 4 is 33.3 Å². The Bertz CT molecular complexity index is 624. The zero-order chi connectivity index (χ0) is 14.0. The van der Waals surface area contributed by atoms with Crippen molar-refractivity contribution in [2.75, 3.05) is 0 Å². The summed E-state index contributed by atoms with van der Waals surface area (Å²) in [6, 6.07) is 5.50. The lowest BCUT2D eigenvalue weighted by Crippen LogP contribution is -2.06. The summed E-state index contributed by atoms with van der Waals surface area (Å²) in [5.41, 5.74) is 2.03. The van der Waals surface area contributed by atoms with Crippen molar-refractivity contribution in [3.05, 3.63) is 39.1 Å². The maximum atomic E-state index is 11.8. The van der Waals surface area contributed by atoms with Crippen LogP contribution in [0.4, 0.5) is 0 Å². The Kier molecular flexibility index (Phi) is 4.37. The molecule has 100 valence electrons. The molecule has 0 spiro atoms. The Morgan fingerprint density at radius 2 is 2.16 bits per heavy atom. The number of benzene rings is 1. The van der Waals surface area contributed by atoms with Gasteiger partial charge in [-0.15, -0.1) is 5.10 Å². The second kappa shape index (κ2) is 5.84. The summed E-state index contributed by atoms with van der Waals surface area (Å²) in [4.78, 5) is 11.8. The van der Waals surface area contributed by atoms with Gasteiger partial charge in [0.2, 0.25) is 0 Å². The van der Waals surface area contributed by atoms with E-state index in [1.54, 1.807) is 10.7 Å². The van der Waals surface area contributed by atoms with Crippen LogP contribution in [0.25, 0.3) is 5.69 Å². The van der Waals surface area contributed by atoms with Crippen molar-refractivity contribution < 1.29 is 4.79 Å². The zero-order valence-corrected chi connectivity index (χ0v) is 13.0. The molecule has 0 N–H and O–H groups in total. The number of hydrogen-bond acceptors (Lipinski definition) is 3. The maximum absolute atomic E-state index is 11.8. The highest BCUT2D eigenvalue weighted by molar-refractivity contribution is 9.10. The molecule has 0 fully saturated rings. The molecule has 0 saturated carbocycles. The van der Waals surface area contributed by atoms with Crippen LogP contribution in [0.15, 0.2) is 22.7 Å². The summed E-state index contributed by atoms with van der Waals surface area (Å²) in [7, 11) is 0. The summed E-state index contributed by atoms with van der Waals surface area (Å²) in [5, 5.41) is 8.69. The fourth-order valence-electron chi connectivity index (χ4n) is 1.85.